The quantitative estimate of drug-likeness (QED) is 0.671. The van der Waals surface area contributed by atoms with E-state index in [1.807, 2.05) is 6.92 Å². The fraction of sp³-hybridized carbons (Fsp3) is 0.846. The molecule has 106 valence electrons. The van der Waals surface area contributed by atoms with Gasteiger partial charge in [0.25, 0.3) is 0 Å². The average Bonchev–Trinajstić information content (AvgIpc) is 2.22. The number of nitrogens with two attached hydrogens (primary N) is 1. The van der Waals surface area contributed by atoms with Crippen molar-refractivity contribution in [2.45, 2.75) is 59.5 Å². The molecule has 0 aromatic carbocycles. The molecule has 0 aromatic rings. The predicted octanol–water partition coefficient (Wildman–Crippen LogP) is 1.37. The third kappa shape index (κ3) is 3.70. The SMILES string of the molecule is CCC(C)[C@H](NC(=O)C(C)(C)C(C)(C)N)C(=O)O. The molecular formula is C13H26N2O3. The van der Waals surface area contributed by atoms with Crippen molar-refractivity contribution in [3.05, 3.63) is 0 Å². The largest absolute Gasteiger partial charge is 0.480 e. The minimum absolute atomic E-state index is 0.122. The van der Waals surface area contributed by atoms with Crippen LogP contribution in [0.3, 0.4) is 0 Å². The summed E-state index contributed by atoms with van der Waals surface area (Å²) in [6.07, 6.45) is 0.684. The molecule has 18 heavy (non-hydrogen) atoms. The van der Waals surface area contributed by atoms with Gasteiger partial charge in [0.2, 0.25) is 5.91 Å². The smallest absolute Gasteiger partial charge is 0.326 e. The van der Waals surface area contributed by atoms with E-state index < -0.39 is 23.0 Å². The number of rotatable bonds is 6. The van der Waals surface area contributed by atoms with Crippen molar-refractivity contribution in [3.8, 4) is 0 Å². The highest BCUT2D eigenvalue weighted by Gasteiger charge is 2.42. The van der Waals surface area contributed by atoms with Crippen LogP contribution in [0.4, 0.5) is 0 Å². The van der Waals surface area contributed by atoms with Crippen molar-refractivity contribution in [1.82, 2.24) is 5.32 Å². The van der Waals surface area contributed by atoms with Crippen molar-refractivity contribution in [2.75, 3.05) is 0 Å². The highest BCUT2D eigenvalue weighted by molar-refractivity contribution is 5.88. The van der Waals surface area contributed by atoms with E-state index in [4.69, 9.17) is 10.8 Å². The van der Waals surface area contributed by atoms with Gasteiger partial charge in [-0.1, -0.05) is 20.3 Å². The molecule has 1 amide bonds. The third-order valence-electron chi connectivity index (χ3n) is 3.94. The van der Waals surface area contributed by atoms with Gasteiger partial charge in [-0.05, 0) is 33.6 Å². The molecule has 1 unspecified atom stereocenters. The molecule has 0 aromatic heterocycles. The molecule has 0 spiro atoms. The average molecular weight is 258 g/mol. The molecule has 0 aliphatic heterocycles. The van der Waals surface area contributed by atoms with Gasteiger partial charge in [-0.2, -0.15) is 0 Å². The van der Waals surface area contributed by atoms with Gasteiger partial charge in [-0.3, -0.25) is 4.79 Å². The first kappa shape index (κ1) is 16.9. The number of hydrogen-bond donors (Lipinski definition) is 3. The fourth-order valence-corrected chi connectivity index (χ4v) is 1.30. The normalized spacial score (nSPS) is 15.9. The minimum atomic E-state index is -1.01. The number of aliphatic carboxylic acids is 1. The first-order valence-electron chi connectivity index (χ1n) is 6.27. The van der Waals surface area contributed by atoms with Gasteiger partial charge < -0.3 is 16.2 Å². The Bertz CT molecular complexity index is 319. The summed E-state index contributed by atoms with van der Waals surface area (Å²) in [4.78, 5) is 23.4. The van der Waals surface area contributed by atoms with Crippen molar-refractivity contribution in [3.63, 3.8) is 0 Å². The van der Waals surface area contributed by atoms with E-state index in [-0.39, 0.29) is 11.8 Å². The zero-order valence-electron chi connectivity index (χ0n) is 12.2. The molecule has 4 N–H and O–H groups in total. The third-order valence-corrected chi connectivity index (χ3v) is 3.94. The Hall–Kier alpha value is -1.10. The molecule has 0 heterocycles. The lowest BCUT2D eigenvalue weighted by Gasteiger charge is -2.38. The number of hydrogen-bond acceptors (Lipinski definition) is 3. The number of carbonyl (C=O) groups excluding carboxylic acids is 1. The van der Waals surface area contributed by atoms with Crippen molar-refractivity contribution < 1.29 is 14.7 Å². The zero-order valence-corrected chi connectivity index (χ0v) is 12.2. The van der Waals surface area contributed by atoms with Crippen LogP contribution in [-0.2, 0) is 9.59 Å². The van der Waals surface area contributed by atoms with E-state index in [0.717, 1.165) is 0 Å². The predicted molar refractivity (Wildman–Crippen MR) is 71.1 cm³/mol. The van der Waals surface area contributed by atoms with Crippen LogP contribution < -0.4 is 11.1 Å². The van der Waals surface area contributed by atoms with E-state index in [0.29, 0.717) is 6.42 Å². The second kappa shape index (κ2) is 5.69. The van der Waals surface area contributed by atoms with Crippen LogP contribution in [0.15, 0.2) is 0 Å². The Labute approximate surface area is 109 Å². The Morgan fingerprint density at radius 1 is 1.28 bits per heavy atom. The number of carboxylic acid groups (broad SMARTS) is 1. The summed E-state index contributed by atoms with van der Waals surface area (Å²) in [5.41, 5.74) is 4.40. The summed E-state index contributed by atoms with van der Waals surface area (Å²) in [5.74, 6) is -1.46. The molecule has 0 aliphatic rings. The number of carboxylic acids is 1. The van der Waals surface area contributed by atoms with Gasteiger partial charge in [0, 0.05) is 5.54 Å². The van der Waals surface area contributed by atoms with Crippen LogP contribution in [0.2, 0.25) is 0 Å². The molecule has 0 saturated carbocycles. The number of carbonyl (C=O) groups is 2. The standard InChI is InChI=1S/C13H26N2O3/c1-7-8(2)9(10(16)17)15-11(18)12(3,4)13(5,6)14/h8-9H,7,14H2,1-6H3,(H,15,18)(H,16,17)/t8?,9-/m0/s1. The summed E-state index contributed by atoms with van der Waals surface area (Å²) < 4.78 is 0. The fourth-order valence-electron chi connectivity index (χ4n) is 1.30. The number of nitrogens with one attached hydrogen (secondary N) is 1. The van der Waals surface area contributed by atoms with Crippen molar-refractivity contribution in [2.24, 2.45) is 17.1 Å². The van der Waals surface area contributed by atoms with Crippen molar-refractivity contribution in [1.29, 1.82) is 0 Å². The maximum Gasteiger partial charge on any atom is 0.326 e. The van der Waals surface area contributed by atoms with E-state index in [2.05, 4.69) is 5.32 Å². The molecule has 0 aliphatic carbocycles. The highest BCUT2D eigenvalue weighted by atomic mass is 16.4. The van der Waals surface area contributed by atoms with Gasteiger partial charge in [0.05, 0.1) is 5.41 Å². The van der Waals surface area contributed by atoms with E-state index in [1.165, 1.54) is 0 Å². The van der Waals surface area contributed by atoms with E-state index >= 15 is 0 Å². The Morgan fingerprint density at radius 2 is 1.72 bits per heavy atom. The van der Waals surface area contributed by atoms with Gasteiger partial charge >= 0.3 is 5.97 Å². The van der Waals surface area contributed by atoms with Crippen LogP contribution in [0.25, 0.3) is 0 Å². The molecule has 0 radical (unpaired) electrons. The summed E-state index contributed by atoms with van der Waals surface area (Å²) in [7, 11) is 0. The van der Waals surface area contributed by atoms with Gasteiger partial charge in [0.1, 0.15) is 6.04 Å². The van der Waals surface area contributed by atoms with Crippen molar-refractivity contribution >= 4 is 11.9 Å². The lowest BCUT2D eigenvalue weighted by atomic mass is 9.74. The molecule has 0 bridgehead atoms. The minimum Gasteiger partial charge on any atom is -0.480 e. The van der Waals surface area contributed by atoms with Crippen LogP contribution in [0.5, 0.6) is 0 Å². The monoisotopic (exact) mass is 258 g/mol. The molecular weight excluding hydrogens is 232 g/mol. The Morgan fingerprint density at radius 3 is 2.00 bits per heavy atom. The maximum atomic E-state index is 12.2. The van der Waals surface area contributed by atoms with Crippen LogP contribution in [0, 0.1) is 11.3 Å². The summed E-state index contributed by atoms with van der Waals surface area (Å²) in [5, 5.41) is 11.7. The Balaban J connectivity index is 4.98. The first-order valence-corrected chi connectivity index (χ1v) is 6.27. The second-order valence-corrected chi connectivity index (χ2v) is 6.02. The maximum absolute atomic E-state index is 12.2. The van der Waals surface area contributed by atoms with Crippen LogP contribution >= 0.6 is 0 Å². The van der Waals surface area contributed by atoms with Gasteiger partial charge in [-0.15, -0.1) is 0 Å². The number of amides is 1. The van der Waals surface area contributed by atoms with Gasteiger partial charge in [0.15, 0.2) is 0 Å². The van der Waals surface area contributed by atoms with Crippen LogP contribution in [0.1, 0.15) is 48.0 Å². The van der Waals surface area contributed by atoms with E-state index in [9.17, 15) is 9.59 Å². The summed E-state index contributed by atoms with van der Waals surface area (Å²) >= 11 is 0. The molecule has 0 rings (SSSR count). The van der Waals surface area contributed by atoms with Crippen LogP contribution in [-0.4, -0.2) is 28.6 Å². The molecule has 5 nitrogen and oxygen atoms in total. The molecule has 5 heteroatoms. The Kier molecular flexibility index (Phi) is 5.35. The zero-order chi connectivity index (χ0) is 14.7. The molecule has 2 atom stereocenters. The van der Waals surface area contributed by atoms with E-state index in [1.54, 1.807) is 34.6 Å². The molecule has 0 saturated heterocycles. The summed E-state index contributed by atoms with van der Waals surface area (Å²) in [6.45, 7) is 10.7. The topological polar surface area (TPSA) is 92.4 Å². The second-order valence-electron chi connectivity index (χ2n) is 6.02. The van der Waals surface area contributed by atoms with Gasteiger partial charge in [-0.25, -0.2) is 4.79 Å². The summed E-state index contributed by atoms with van der Waals surface area (Å²) in [6, 6.07) is -0.871. The molecule has 0 fully saturated rings. The first-order chi connectivity index (χ1) is 7.95. The lowest BCUT2D eigenvalue weighted by Crippen LogP contribution is -2.58. The highest BCUT2D eigenvalue weighted by Crippen LogP contribution is 2.28. The lowest BCUT2D eigenvalue weighted by molar-refractivity contribution is -0.145.